The van der Waals surface area contributed by atoms with Gasteiger partial charge in [0.1, 0.15) is 0 Å². The molecule has 0 aromatic rings. The number of nitrogens with zero attached hydrogens (tertiary/aromatic N) is 1. The van der Waals surface area contributed by atoms with Gasteiger partial charge in [0.15, 0.2) is 0 Å². The summed E-state index contributed by atoms with van der Waals surface area (Å²) in [6.07, 6.45) is -1.36. The van der Waals surface area contributed by atoms with E-state index >= 15 is 0 Å². The number of alkyl halides is 4. The van der Waals surface area contributed by atoms with Crippen LogP contribution in [0, 0.1) is 5.92 Å². The first kappa shape index (κ1) is 17.0. The highest BCUT2D eigenvalue weighted by Crippen LogP contribution is 2.34. The fourth-order valence-corrected chi connectivity index (χ4v) is 2.53. The van der Waals surface area contributed by atoms with Crippen molar-refractivity contribution >= 4 is 11.9 Å². The van der Waals surface area contributed by atoms with Gasteiger partial charge in [-0.1, -0.05) is 0 Å². The Bertz CT molecular complexity index is 437. The fourth-order valence-electron chi connectivity index (χ4n) is 2.53. The molecule has 9 heteroatoms. The van der Waals surface area contributed by atoms with E-state index < -0.39 is 30.3 Å². The normalized spacial score (nSPS) is 25.2. The lowest BCUT2D eigenvalue weighted by Crippen LogP contribution is -2.58. The Morgan fingerprint density at radius 1 is 1.27 bits per heavy atom. The van der Waals surface area contributed by atoms with Crippen molar-refractivity contribution in [2.45, 2.75) is 50.1 Å². The molecule has 2 rings (SSSR count). The molecule has 0 atom stereocenters. The number of carbonyl (C=O) groups excluding carboxylic acids is 1. The first-order chi connectivity index (χ1) is 10.2. The van der Waals surface area contributed by atoms with Crippen LogP contribution in [0.5, 0.6) is 0 Å². The topological polar surface area (TPSA) is 69.6 Å². The van der Waals surface area contributed by atoms with Gasteiger partial charge >= 0.3 is 18.3 Å². The van der Waals surface area contributed by atoms with Gasteiger partial charge in [-0.2, -0.15) is 8.78 Å². The van der Waals surface area contributed by atoms with Gasteiger partial charge in [-0.25, -0.2) is 8.78 Å². The standard InChI is InChI=1S/C13H18F4N2O3/c14-11(15)13(16,17)12(22)18-8-3-9(4-8)19(6-10(20)21)5-7-1-2-7/h7-9,11H,1-6H2,(H,18,22)(H,20,21). The van der Waals surface area contributed by atoms with Crippen LogP contribution in [0.1, 0.15) is 25.7 Å². The molecule has 2 aliphatic rings. The third kappa shape index (κ3) is 4.08. The summed E-state index contributed by atoms with van der Waals surface area (Å²) in [5, 5.41) is 10.8. The van der Waals surface area contributed by atoms with Crippen molar-refractivity contribution in [3.8, 4) is 0 Å². The molecule has 2 aliphatic carbocycles. The monoisotopic (exact) mass is 326 g/mol. The molecule has 2 saturated carbocycles. The molecule has 0 aromatic carbocycles. The number of carbonyl (C=O) groups is 2. The fraction of sp³-hybridized carbons (Fsp3) is 0.846. The van der Waals surface area contributed by atoms with Gasteiger partial charge in [-0.15, -0.1) is 0 Å². The Morgan fingerprint density at radius 3 is 2.32 bits per heavy atom. The molecule has 0 heterocycles. The lowest BCUT2D eigenvalue weighted by molar-refractivity contribution is -0.171. The molecule has 0 saturated heterocycles. The molecular weight excluding hydrogens is 308 g/mol. The van der Waals surface area contributed by atoms with Gasteiger partial charge in [0.2, 0.25) is 0 Å². The van der Waals surface area contributed by atoms with Crippen molar-refractivity contribution in [3.05, 3.63) is 0 Å². The quantitative estimate of drug-likeness (QED) is 0.660. The second-order valence-electron chi connectivity index (χ2n) is 5.99. The van der Waals surface area contributed by atoms with Crippen LogP contribution in [0.4, 0.5) is 17.6 Å². The van der Waals surface area contributed by atoms with Crippen LogP contribution in [0.15, 0.2) is 0 Å². The zero-order valence-electron chi connectivity index (χ0n) is 11.8. The van der Waals surface area contributed by atoms with Crippen molar-refractivity contribution in [2.75, 3.05) is 13.1 Å². The van der Waals surface area contributed by atoms with Gasteiger partial charge in [0.05, 0.1) is 6.54 Å². The molecule has 2 N–H and O–H groups in total. The molecule has 0 bridgehead atoms. The summed E-state index contributed by atoms with van der Waals surface area (Å²) in [4.78, 5) is 23.7. The lowest BCUT2D eigenvalue weighted by atomic mass is 9.85. The summed E-state index contributed by atoms with van der Waals surface area (Å²) in [6, 6.07) is -0.736. The van der Waals surface area contributed by atoms with Crippen molar-refractivity contribution in [1.82, 2.24) is 10.2 Å². The number of aliphatic carboxylic acids is 1. The molecule has 1 amide bonds. The van der Waals surface area contributed by atoms with Crippen LogP contribution in [0.25, 0.3) is 0 Å². The Kier molecular flexibility index (Phi) is 4.93. The van der Waals surface area contributed by atoms with Gasteiger partial charge in [0, 0.05) is 18.6 Å². The Labute approximate surface area is 124 Å². The number of nitrogens with one attached hydrogen (secondary N) is 1. The first-order valence-corrected chi connectivity index (χ1v) is 7.13. The third-order valence-corrected chi connectivity index (χ3v) is 4.07. The Morgan fingerprint density at radius 2 is 1.86 bits per heavy atom. The minimum Gasteiger partial charge on any atom is -0.480 e. The molecule has 0 radical (unpaired) electrons. The zero-order chi connectivity index (χ0) is 16.5. The summed E-state index contributed by atoms with van der Waals surface area (Å²) < 4.78 is 49.7. The molecule has 0 spiro atoms. The highest BCUT2D eigenvalue weighted by molar-refractivity contribution is 5.84. The molecule has 0 aromatic heterocycles. The van der Waals surface area contributed by atoms with E-state index in [1.54, 1.807) is 4.90 Å². The van der Waals surface area contributed by atoms with Crippen molar-refractivity contribution in [1.29, 1.82) is 0 Å². The van der Waals surface area contributed by atoms with Crippen molar-refractivity contribution in [2.24, 2.45) is 5.92 Å². The van der Waals surface area contributed by atoms with Crippen molar-refractivity contribution < 1.29 is 32.3 Å². The molecule has 22 heavy (non-hydrogen) atoms. The average Bonchev–Trinajstić information content (AvgIpc) is 3.15. The highest BCUT2D eigenvalue weighted by Gasteiger charge is 2.50. The zero-order valence-corrected chi connectivity index (χ0v) is 11.8. The largest absolute Gasteiger partial charge is 0.480 e. The molecule has 0 unspecified atom stereocenters. The van der Waals surface area contributed by atoms with Crippen molar-refractivity contribution in [3.63, 3.8) is 0 Å². The van der Waals surface area contributed by atoms with Gasteiger partial charge < -0.3 is 10.4 Å². The highest BCUT2D eigenvalue weighted by atomic mass is 19.3. The number of hydrogen-bond acceptors (Lipinski definition) is 3. The minimum absolute atomic E-state index is 0.123. The predicted octanol–water partition coefficient (Wildman–Crippen LogP) is 1.33. The van der Waals surface area contributed by atoms with Crippen LogP contribution in [0.2, 0.25) is 0 Å². The predicted molar refractivity (Wildman–Crippen MR) is 67.8 cm³/mol. The summed E-state index contributed by atoms with van der Waals surface area (Å²) in [5.74, 6) is -7.17. The van der Waals surface area contributed by atoms with Crippen LogP contribution in [-0.2, 0) is 9.59 Å². The average molecular weight is 326 g/mol. The Balaban J connectivity index is 1.79. The van der Waals surface area contributed by atoms with Gasteiger partial charge in [0.25, 0.3) is 5.91 Å². The van der Waals surface area contributed by atoms with Crippen LogP contribution in [-0.4, -0.2) is 59.4 Å². The Hall–Kier alpha value is -1.38. The molecular formula is C13H18F4N2O3. The van der Waals surface area contributed by atoms with E-state index in [4.69, 9.17) is 5.11 Å². The summed E-state index contributed by atoms with van der Waals surface area (Å²) in [6.45, 7) is 0.486. The maximum Gasteiger partial charge on any atom is 0.383 e. The molecule has 2 fully saturated rings. The van der Waals surface area contributed by atoms with Crippen LogP contribution >= 0.6 is 0 Å². The van der Waals surface area contributed by atoms with E-state index in [-0.39, 0.29) is 12.6 Å². The number of halogens is 4. The number of carboxylic acid groups (broad SMARTS) is 1. The molecule has 126 valence electrons. The number of amides is 1. The summed E-state index contributed by atoms with van der Waals surface area (Å²) in [5.41, 5.74) is 0. The minimum atomic E-state index is -4.69. The van der Waals surface area contributed by atoms with Crippen LogP contribution < -0.4 is 5.32 Å². The van der Waals surface area contributed by atoms with Crippen LogP contribution in [0.3, 0.4) is 0 Å². The van der Waals surface area contributed by atoms with E-state index in [0.29, 0.717) is 25.3 Å². The smallest absolute Gasteiger partial charge is 0.383 e. The van der Waals surface area contributed by atoms with E-state index in [0.717, 1.165) is 12.8 Å². The van der Waals surface area contributed by atoms with Gasteiger partial charge in [-0.3, -0.25) is 14.5 Å². The first-order valence-electron chi connectivity index (χ1n) is 7.13. The van der Waals surface area contributed by atoms with E-state index in [2.05, 4.69) is 0 Å². The number of hydrogen-bond donors (Lipinski definition) is 2. The second kappa shape index (κ2) is 6.39. The third-order valence-electron chi connectivity index (χ3n) is 4.07. The number of carboxylic acids is 1. The summed E-state index contributed by atoms with van der Waals surface area (Å²) >= 11 is 0. The lowest BCUT2D eigenvalue weighted by Gasteiger charge is -2.43. The maximum atomic E-state index is 12.8. The van der Waals surface area contributed by atoms with E-state index in [1.165, 1.54) is 0 Å². The SMILES string of the molecule is O=C(O)CN(CC1CC1)C1CC(NC(=O)C(F)(F)C(F)F)C1. The summed E-state index contributed by atoms with van der Waals surface area (Å²) in [7, 11) is 0. The van der Waals surface area contributed by atoms with Gasteiger partial charge in [-0.05, 0) is 31.6 Å². The van der Waals surface area contributed by atoms with E-state index in [9.17, 15) is 27.2 Å². The number of rotatable bonds is 8. The maximum absolute atomic E-state index is 12.8. The molecule has 0 aliphatic heterocycles. The van der Waals surface area contributed by atoms with E-state index in [1.807, 2.05) is 5.32 Å². The molecule has 5 nitrogen and oxygen atoms in total. The second-order valence-corrected chi connectivity index (χ2v) is 5.99.